The summed E-state index contributed by atoms with van der Waals surface area (Å²) in [7, 11) is 0. The van der Waals surface area contributed by atoms with Gasteiger partial charge in [0.15, 0.2) is 11.6 Å². The highest BCUT2D eigenvalue weighted by Gasteiger charge is 2.23. The van der Waals surface area contributed by atoms with Crippen LogP contribution in [0.4, 0.5) is 20.2 Å². The molecule has 2 aromatic heterocycles. The van der Waals surface area contributed by atoms with Gasteiger partial charge in [0, 0.05) is 23.6 Å². The quantitative estimate of drug-likeness (QED) is 0.195. The highest BCUT2D eigenvalue weighted by molar-refractivity contribution is 9.10. The Hall–Kier alpha value is -4.47. The topological polar surface area (TPSA) is 113 Å². The number of likely N-dealkylation sites (tertiary alicyclic amines) is 1. The van der Waals surface area contributed by atoms with Crippen molar-refractivity contribution in [3.63, 3.8) is 0 Å². The van der Waals surface area contributed by atoms with Gasteiger partial charge in [-0.15, -0.1) is 0 Å². The van der Waals surface area contributed by atoms with Crippen molar-refractivity contribution < 1.29 is 27.5 Å². The monoisotopic (exact) mass is 651 g/mol. The van der Waals surface area contributed by atoms with Crippen LogP contribution < -0.4 is 20.1 Å². The summed E-state index contributed by atoms with van der Waals surface area (Å²) in [6.45, 7) is 1.71. The van der Waals surface area contributed by atoms with Crippen LogP contribution in [0.5, 0.6) is 11.6 Å². The number of ether oxygens (including phenoxy) is 2. The zero-order valence-electron chi connectivity index (χ0n) is 23.0. The van der Waals surface area contributed by atoms with E-state index in [0.29, 0.717) is 60.0 Å². The molecule has 4 aromatic rings. The molecule has 1 fully saturated rings. The number of aromatic nitrogens is 1. The number of hydrogen-bond acceptors (Lipinski definition) is 8. The number of nitrogens with zero attached hydrogens (tertiary/aromatic N) is 3. The van der Waals surface area contributed by atoms with Gasteiger partial charge in [-0.2, -0.15) is 5.26 Å². The number of nitriles is 1. The lowest BCUT2D eigenvalue weighted by Crippen LogP contribution is -2.42. The molecule has 0 saturated carbocycles. The van der Waals surface area contributed by atoms with Crippen molar-refractivity contribution in [2.75, 3.05) is 30.3 Å². The van der Waals surface area contributed by atoms with Gasteiger partial charge in [0.2, 0.25) is 11.8 Å². The number of hydrogen-bond donors (Lipinski definition) is 2. The van der Waals surface area contributed by atoms with Gasteiger partial charge in [0.05, 0.1) is 42.4 Å². The summed E-state index contributed by atoms with van der Waals surface area (Å²) >= 11 is 3.30. The van der Waals surface area contributed by atoms with E-state index in [9.17, 15) is 13.6 Å². The molecule has 0 unspecified atom stereocenters. The van der Waals surface area contributed by atoms with Gasteiger partial charge in [-0.05, 0) is 61.4 Å². The van der Waals surface area contributed by atoms with Crippen LogP contribution in [0.1, 0.15) is 29.9 Å². The summed E-state index contributed by atoms with van der Waals surface area (Å²) in [5.41, 5.74) is 1.29. The number of nitrogens with one attached hydrogen (secondary N) is 2. The highest BCUT2D eigenvalue weighted by atomic mass is 79.9. The van der Waals surface area contributed by atoms with Crippen molar-refractivity contribution in [1.29, 1.82) is 5.26 Å². The molecule has 222 valence electrons. The van der Waals surface area contributed by atoms with Crippen LogP contribution in [0.25, 0.3) is 0 Å². The maximum absolute atomic E-state index is 14.8. The molecule has 0 bridgehead atoms. The van der Waals surface area contributed by atoms with E-state index in [1.165, 1.54) is 18.2 Å². The second-order valence-corrected chi connectivity index (χ2v) is 10.8. The van der Waals surface area contributed by atoms with Gasteiger partial charge in [0.1, 0.15) is 30.0 Å². The molecule has 1 aliphatic heterocycles. The number of halogens is 3. The van der Waals surface area contributed by atoms with Gasteiger partial charge in [-0.1, -0.05) is 22.0 Å². The standard InChI is InChI=1S/C31H28BrF2N5O4/c32-21-14-26(34)31(27(15-21)36-17-24-4-2-12-41-24)38-29(40)18-39-10-8-23(9-11-39)43-30-5-1-3-22(37-30)19-42-28-7-6-20(16-35)13-25(28)33/h1-7,12-15,23,36H,8-11,17-19H2,(H,38,40). The first-order chi connectivity index (χ1) is 20.9. The summed E-state index contributed by atoms with van der Waals surface area (Å²) in [6, 6.07) is 17.8. The van der Waals surface area contributed by atoms with E-state index in [4.69, 9.17) is 19.2 Å². The third kappa shape index (κ3) is 8.30. The number of pyridine rings is 1. The summed E-state index contributed by atoms with van der Waals surface area (Å²) in [4.78, 5) is 19.3. The third-order valence-electron chi connectivity index (χ3n) is 6.76. The Morgan fingerprint density at radius 3 is 2.70 bits per heavy atom. The molecular weight excluding hydrogens is 624 g/mol. The molecule has 0 spiro atoms. The van der Waals surface area contributed by atoms with Crippen molar-refractivity contribution >= 4 is 33.2 Å². The number of carbonyl (C=O) groups is 1. The Labute approximate surface area is 255 Å². The van der Waals surface area contributed by atoms with Crippen molar-refractivity contribution in [2.45, 2.75) is 32.1 Å². The first-order valence-electron chi connectivity index (χ1n) is 13.6. The van der Waals surface area contributed by atoms with Crippen LogP contribution in [0, 0.1) is 23.0 Å². The first kappa shape index (κ1) is 30.0. The Morgan fingerprint density at radius 2 is 1.95 bits per heavy atom. The van der Waals surface area contributed by atoms with Gasteiger partial charge < -0.3 is 24.5 Å². The van der Waals surface area contributed by atoms with E-state index in [1.54, 1.807) is 42.7 Å². The third-order valence-corrected chi connectivity index (χ3v) is 7.22. The number of piperidine rings is 1. The number of anilines is 2. The number of furan rings is 1. The molecule has 0 radical (unpaired) electrons. The second kappa shape index (κ2) is 14.1. The lowest BCUT2D eigenvalue weighted by molar-refractivity contribution is -0.117. The summed E-state index contributed by atoms with van der Waals surface area (Å²) in [5.74, 6) is -0.355. The van der Waals surface area contributed by atoms with Crippen LogP contribution in [0.2, 0.25) is 0 Å². The van der Waals surface area contributed by atoms with Crippen LogP contribution in [-0.4, -0.2) is 41.5 Å². The summed E-state index contributed by atoms with van der Waals surface area (Å²) < 4.78 is 46.4. The molecule has 0 aliphatic carbocycles. The first-order valence-corrected chi connectivity index (χ1v) is 14.4. The molecule has 2 aromatic carbocycles. The van der Waals surface area contributed by atoms with Gasteiger partial charge in [0.25, 0.3) is 0 Å². The molecule has 1 aliphatic rings. The van der Waals surface area contributed by atoms with Crippen LogP contribution in [0.15, 0.2) is 75.8 Å². The molecule has 3 heterocycles. The van der Waals surface area contributed by atoms with E-state index >= 15 is 0 Å². The predicted molar refractivity (Wildman–Crippen MR) is 159 cm³/mol. The zero-order chi connectivity index (χ0) is 30.2. The minimum atomic E-state index is -0.615. The SMILES string of the molecule is N#Cc1ccc(OCc2cccc(OC3CCN(CC(=O)Nc4c(F)cc(Br)cc4NCc4ccco4)CC3)n2)c(F)c1. The average Bonchev–Trinajstić information content (AvgIpc) is 3.52. The average molecular weight is 652 g/mol. The predicted octanol–water partition coefficient (Wildman–Crippen LogP) is 6.26. The normalized spacial score (nSPS) is 13.7. The number of amides is 1. The van der Waals surface area contributed by atoms with Crippen molar-refractivity contribution in [1.82, 2.24) is 9.88 Å². The maximum Gasteiger partial charge on any atom is 0.238 e. The largest absolute Gasteiger partial charge is 0.484 e. The van der Waals surface area contributed by atoms with Gasteiger partial charge in [-0.3, -0.25) is 9.69 Å². The van der Waals surface area contributed by atoms with Gasteiger partial charge in [-0.25, -0.2) is 13.8 Å². The fourth-order valence-corrected chi connectivity index (χ4v) is 5.05. The molecule has 0 atom stereocenters. The van der Waals surface area contributed by atoms with Crippen LogP contribution in [0.3, 0.4) is 0 Å². The molecule has 5 rings (SSSR count). The Morgan fingerprint density at radius 1 is 1.12 bits per heavy atom. The number of rotatable bonds is 11. The molecule has 12 heteroatoms. The van der Waals surface area contributed by atoms with Crippen molar-refractivity contribution in [2.24, 2.45) is 0 Å². The lowest BCUT2D eigenvalue weighted by atomic mass is 10.1. The molecule has 1 amide bonds. The zero-order valence-corrected chi connectivity index (χ0v) is 24.6. The molecular formula is C31H28BrF2N5O4. The Bertz CT molecular complexity index is 1600. The second-order valence-electron chi connectivity index (χ2n) is 9.90. The number of benzene rings is 2. The maximum atomic E-state index is 14.8. The fraction of sp³-hybridized carbons (Fsp3) is 0.258. The lowest BCUT2D eigenvalue weighted by Gasteiger charge is -2.31. The fourth-order valence-electron chi connectivity index (χ4n) is 4.62. The van der Waals surface area contributed by atoms with Crippen molar-refractivity contribution in [3.05, 3.63) is 100 Å². The van der Waals surface area contributed by atoms with Crippen molar-refractivity contribution in [3.8, 4) is 17.7 Å². The van der Waals surface area contributed by atoms with E-state index < -0.39 is 11.6 Å². The minimum Gasteiger partial charge on any atom is -0.484 e. The van der Waals surface area contributed by atoms with Gasteiger partial charge >= 0.3 is 0 Å². The highest BCUT2D eigenvalue weighted by Crippen LogP contribution is 2.30. The van der Waals surface area contributed by atoms with Crippen LogP contribution in [-0.2, 0) is 17.9 Å². The Kier molecular flexibility index (Phi) is 9.86. The molecule has 2 N–H and O–H groups in total. The van der Waals surface area contributed by atoms with Crippen LogP contribution >= 0.6 is 15.9 Å². The smallest absolute Gasteiger partial charge is 0.238 e. The summed E-state index contributed by atoms with van der Waals surface area (Å²) in [6.07, 6.45) is 2.81. The number of carbonyl (C=O) groups excluding carboxylic acids is 1. The van der Waals surface area contributed by atoms with E-state index in [2.05, 4.69) is 31.5 Å². The molecule has 1 saturated heterocycles. The summed E-state index contributed by atoms with van der Waals surface area (Å²) in [5, 5.41) is 14.7. The Balaban J connectivity index is 1.09. The molecule has 43 heavy (non-hydrogen) atoms. The minimum absolute atomic E-state index is 0.0343. The van der Waals surface area contributed by atoms with E-state index in [0.717, 1.165) is 6.07 Å². The molecule has 9 nitrogen and oxygen atoms in total. The van der Waals surface area contributed by atoms with E-state index in [1.807, 2.05) is 11.0 Å². The van der Waals surface area contributed by atoms with E-state index in [-0.39, 0.29) is 42.2 Å².